The molecule has 2 N–H and O–H groups in total. The highest BCUT2D eigenvalue weighted by Crippen LogP contribution is 2.03. The first-order chi connectivity index (χ1) is 7.58. The Bertz CT molecular complexity index is 424. The molecule has 1 aromatic heterocycles. The van der Waals surface area contributed by atoms with Crippen LogP contribution in [0.25, 0.3) is 12.2 Å². The molecule has 1 aromatic rings. The third-order valence-corrected chi connectivity index (χ3v) is 1.59. The van der Waals surface area contributed by atoms with Crippen LogP contribution in [0.3, 0.4) is 0 Å². The van der Waals surface area contributed by atoms with Gasteiger partial charge in [-0.2, -0.15) is 0 Å². The summed E-state index contributed by atoms with van der Waals surface area (Å²) in [5, 5.41) is 16.8. The lowest BCUT2D eigenvalue weighted by Crippen LogP contribution is -1.90. The molecule has 5 heteroatoms. The number of hydrogen-bond donors (Lipinski definition) is 2. The molecule has 0 bridgehead atoms. The van der Waals surface area contributed by atoms with Crippen molar-refractivity contribution in [3.63, 3.8) is 0 Å². The molecule has 1 heterocycles. The molecule has 16 heavy (non-hydrogen) atoms. The van der Waals surface area contributed by atoms with Gasteiger partial charge in [-0.1, -0.05) is 6.07 Å². The van der Waals surface area contributed by atoms with E-state index >= 15 is 0 Å². The van der Waals surface area contributed by atoms with Gasteiger partial charge in [-0.05, 0) is 24.3 Å². The maximum atomic E-state index is 10.3. The predicted molar refractivity (Wildman–Crippen MR) is 57.6 cm³/mol. The van der Waals surface area contributed by atoms with E-state index in [1.807, 2.05) is 0 Å². The van der Waals surface area contributed by atoms with Gasteiger partial charge in [0.1, 0.15) is 0 Å². The molecule has 0 saturated heterocycles. The molecule has 0 radical (unpaired) electrons. The van der Waals surface area contributed by atoms with Crippen molar-refractivity contribution in [3.8, 4) is 0 Å². The summed E-state index contributed by atoms with van der Waals surface area (Å²) in [5.74, 6) is -2.12. The number of carboxylic acid groups (broad SMARTS) is 2. The summed E-state index contributed by atoms with van der Waals surface area (Å²) < 4.78 is 0. The van der Waals surface area contributed by atoms with Crippen molar-refractivity contribution in [2.24, 2.45) is 0 Å². The lowest BCUT2D eigenvalue weighted by Gasteiger charge is -1.94. The second-order valence-electron chi connectivity index (χ2n) is 2.83. The second kappa shape index (κ2) is 5.45. The minimum Gasteiger partial charge on any atom is -0.478 e. The van der Waals surface area contributed by atoms with Gasteiger partial charge in [-0.15, -0.1) is 0 Å². The zero-order valence-corrected chi connectivity index (χ0v) is 8.20. The van der Waals surface area contributed by atoms with Gasteiger partial charge in [0.2, 0.25) is 0 Å². The van der Waals surface area contributed by atoms with Crippen LogP contribution in [0.15, 0.2) is 30.4 Å². The van der Waals surface area contributed by atoms with Gasteiger partial charge >= 0.3 is 11.9 Å². The third-order valence-electron chi connectivity index (χ3n) is 1.59. The minimum atomic E-state index is -1.06. The lowest BCUT2D eigenvalue weighted by atomic mass is 10.2. The molecular formula is C11H9NO4. The average Bonchev–Trinajstić information content (AvgIpc) is 2.24. The van der Waals surface area contributed by atoms with E-state index in [9.17, 15) is 9.59 Å². The van der Waals surface area contributed by atoms with Crippen LogP contribution in [0.5, 0.6) is 0 Å². The van der Waals surface area contributed by atoms with Crippen LogP contribution in [0.2, 0.25) is 0 Å². The molecule has 0 saturated carbocycles. The fraction of sp³-hybridized carbons (Fsp3) is 0. The first-order valence-corrected chi connectivity index (χ1v) is 4.37. The molecule has 82 valence electrons. The van der Waals surface area contributed by atoms with Crippen LogP contribution in [-0.2, 0) is 9.59 Å². The summed E-state index contributed by atoms with van der Waals surface area (Å²) >= 11 is 0. The van der Waals surface area contributed by atoms with Crippen molar-refractivity contribution in [1.82, 2.24) is 4.98 Å². The number of carboxylic acids is 2. The van der Waals surface area contributed by atoms with Crippen LogP contribution >= 0.6 is 0 Å². The van der Waals surface area contributed by atoms with Crippen LogP contribution in [0.4, 0.5) is 0 Å². The highest BCUT2D eigenvalue weighted by molar-refractivity contribution is 5.85. The minimum absolute atomic E-state index is 0.454. The number of hydrogen-bond acceptors (Lipinski definition) is 3. The van der Waals surface area contributed by atoms with Crippen LogP contribution < -0.4 is 0 Å². The molecule has 0 aromatic carbocycles. The Morgan fingerprint density at radius 2 is 1.44 bits per heavy atom. The molecule has 1 rings (SSSR count). The lowest BCUT2D eigenvalue weighted by molar-refractivity contribution is -0.132. The summed E-state index contributed by atoms with van der Waals surface area (Å²) in [6, 6.07) is 4.91. The van der Waals surface area contributed by atoms with E-state index < -0.39 is 11.9 Å². The maximum Gasteiger partial charge on any atom is 0.328 e. The molecule has 0 fully saturated rings. The maximum absolute atomic E-state index is 10.3. The van der Waals surface area contributed by atoms with Crippen molar-refractivity contribution < 1.29 is 19.8 Å². The average molecular weight is 219 g/mol. The Balaban J connectivity index is 2.87. The monoisotopic (exact) mass is 219 g/mol. The smallest absolute Gasteiger partial charge is 0.328 e. The van der Waals surface area contributed by atoms with Gasteiger partial charge in [-0.3, -0.25) is 0 Å². The van der Waals surface area contributed by atoms with E-state index in [1.54, 1.807) is 18.2 Å². The number of rotatable bonds is 4. The van der Waals surface area contributed by atoms with Crippen molar-refractivity contribution in [3.05, 3.63) is 41.7 Å². The number of pyridine rings is 1. The molecule has 0 amide bonds. The first kappa shape index (κ1) is 11.6. The first-order valence-electron chi connectivity index (χ1n) is 4.37. The number of carbonyl (C=O) groups is 2. The Kier molecular flexibility index (Phi) is 3.97. The van der Waals surface area contributed by atoms with Crippen molar-refractivity contribution in [2.75, 3.05) is 0 Å². The van der Waals surface area contributed by atoms with E-state index in [1.165, 1.54) is 12.2 Å². The van der Waals surface area contributed by atoms with Crippen molar-refractivity contribution in [2.45, 2.75) is 0 Å². The summed E-state index contributed by atoms with van der Waals surface area (Å²) in [5.41, 5.74) is 0.907. The molecule has 0 atom stereocenters. The molecule has 0 unspecified atom stereocenters. The van der Waals surface area contributed by atoms with E-state index in [0.717, 1.165) is 12.2 Å². The Hall–Kier alpha value is -2.43. The van der Waals surface area contributed by atoms with Gasteiger partial charge in [0.05, 0.1) is 11.4 Å². The topological polar surface area (TPSA) is 87.5 Å². The van der Waals surface area contributed by atoms with E-state index in [4.69, 9.17) is 10.2 Å². The summed E-state index contributed by atoms with van der Waals surface area (Å²) in [6.45, 7) is 0. The van der Waals surface area contributed by atoms with Crippen LogP contribution in [-0.4, -0.2) is 27.1 Å². The van der Waals surface area contributed by atoms with Crippen molar-refractivity contribution >= 4 is 24.1 Å². The number of nitrogens with zero attached hydrogens (tertiary/aromatic N) is 1. The SMILES string of the molecule is O=C(O)C=Cc1cccc(C=CC(=O)O)n1. The predicted octanol–water partition coefficient (Wildman–Crippen LogP) is 1.28. The highest BCUT2D eigenvalue weighted by Gasteiger charge is 1.94. The molecular weight excluding hydrogens is 210 g/mol. The van der Waals surface area contributed by atoms with Gasteiger partial charge < -0.3 is 10.2 Å². The summed E-state index contributed by atoms with van der Waals surface area (Å²) in [6.07, 6.45) is 4.60. The Labute approximate surface area is 91.4 Å². The zero-order chi connectivity index (χ0) is 12.0. The van der Waals surface area contributed by atoms with E-state index in [2.05, 4.69) is 4.98 Å². The number of aliphatic carboxylic acids is 2. The van der Waals surface area contributed by atoms with Crippen LogP contribution in [0.1, 0.15) is 11.4 Å². The van der Waals surface area contributed by atoms with Crippen molar-refractivity contribution in [1.29, 1.82) is 0 Å². The highest BCUT2D eigenvalue weighted by atomic mass is 16.4. The Morgan fingerprint density at radius 3 is 1.81 bits per heavy atom. The fourth-order valence-corrected chi connectivity index (χ4v) is 0.968. The molecule has 0 spiro atoms. The molecule has 5 nitrogen and oxygen atoms in total. The van der Waals surface area contributed by atoms with Gasteiger partial charge in [0.15, 0.2) is 0 Å². The number of aromatic nitrogens is 1. The van der Waals surface area contributed by atoms with Gasteiger partial charge in [-0.25, -0.2) is 14.6 Å². The zero-order valence-electron chi connectivity index (χ0n) is 8.20. The third kappa shape index (κ3) is 4.19. The van der Waals surface area contributed by atoms with E-state index in [-0.39, 0.29) is 0 Å². The van der Waals surface area contributed by atoms with Gasteiger partial charge in [0, 0.05) is 12.2 Å². The van der Waals surface area contributed by atoms with Gasteiger partial charge in [0.25, 0.3) is 0 Å². The molecule has 0 aliphatic heterocycles. The largest absolute Gasteiger partial charge is 0.478 e. The molecule has 0 aliphatic rings. The molecule has 0 aliphatic carbocycles. The Morgan fingerprint density at radius 1 is 1.00 bits per heavy atom. The quantitative estimate of drug-likeness (QED) is 0.744. The standard InChI is InChI=1S/C11H9NO4/c13-10(14)6-4-8-2-1-3-9(12-8)5-7-11(15)16/h1-7H,(H,13,14)(H,15,16). The van der Waals surface area contributed by atoms with E-state index in [0.29, 0.717) is 11.4 Å². The second-order valence-corrected chi connectivity index (χ2v) is 2.83. The normalized spacial score (nSPS) is 11.0. The summed E-state index contributed by atoms with van der Waals surface area (Å²) in [4.78, 5) is 24.5. The van der Waals surface area contributed by atoms with Crippen LogP contribution in [0, 0.1) is 0 Å². The fourth-order valence-electron chi connectivity index (χ4n) is 0.968. The summed E-state index contributed by atoms with van der Waals surface area (Å²) in [7, 11) is 0.